The summed E-state index contributed by atoms with van der Waals surface area (Å²) in [6, 6.07) is -33.8. The third-order valence-electron chi connectivity index (χ3n) is 22.6. The average molecular weight is 2090 g/mol. The molecule has 62 nitrogen and oxygen atoms in total. The number of nitrogens with zero attached hydrogens (tertiary/aromatic N) is 2. The number of amides is 20. The van der Waals surface area contributed by atoms with Crippen molar-refractivity contribution in [1.82, 2.24) is 106 Å². The van der Waals surface area contributed by atoms with Crippen LogP contribution in [0.3, 0.4) is 0 Å². The average Bonchev–Trinajstić information content (AvgIpc) is 1.64. The highest BCUT2D eigenvalue weighted by Crippen LogP contribution is 2.23. The number of unbranched alkanes of at least 4 members (excludes halogenated alkanes) is 3. The molecule has 0 radical (unpaired) electrons. The van der Waals surface area contributed by atoms with E-state index in [0.717, 1.165) is 16.7 Å². The molecule has 0 aromatic carbocycles. The van der Waals surface area contributed by atoms with Crippen LogP contribution in [0.15, 0.2) is 0 Å². The number of carbonyl (C=O) groups excluding carboxylic acids is 20. The van der Waals surface area contributed by atoms with Gasteiger partial charge in [0.25, 0.3) is 0 Å². The standard InChI is InChI=1S/C84H143N27O35/c1-39(2)63(79(141)97-45(20-22-60(121)122)69(131)94-44(17-11-27-92-84(90)91)68(130)102-51(34-113)75(137)107-55(38-117)82(144)111-29-13-19-57(111)78(140)105-52(35-114)73(135)99-47(83(145)146)16-7-10-26-87)108-59(120)32-93-77(139)56-18-12-28-110(56)81(143)46(21-23-61(123)124)98-66(128)42(14-5-8-24-85)95-70(132)48(30-58(89)119)101-67(129)43(15-6-9-25-86)96-72(134)53(36-115)106-80(142)64(41(4)118)109-76(138)54(37-116)104-74(136)50(33-112)103-71(133)49(31-62(125)126)100-65(127)40(3)88/h39-57,63-64,112-118H,5-38,85-88H2,1-4H3,(H2,89,119)(H,93,139)(H,94,131)(H,95,132)(H,96,134)(H,97,141)(H,98,128)(H,99,135)(H,100,127)(H,101,129)(H,102,130)(H,103,133)(H,104,136)(H,105,140)(H,106,142)(H,107,137)(H,108,120)(H,109,138)(H,121,122)(H,123,124)(H,125,126)(H,145,146)(H4,90,91,92)/t40-,41+,42-,43-,44-,45-,46-,47-,48-,49-,50-,51-,52-,53-,54-,55-,56-,57-,63-,64-/m0/s1. The van der Waals surface area contributed by atoms with E-state index in [1.807, 2.05) is 26.6 Å². The third kappa shape index (κ3) is 45.2. The predicted octanol–water partition coefficient (Wildman–Crippen LogP) is -18.0. The van der Waals surface area contributed by atoms with Crippen molar-refractivity contribution < 1.29 is 171 Å². The van der Waals surface area contributed by atoms with E-state index in [-0.39, 0.29) is 116 Å². The maximum atomic E-state index is 14.7. The van der Waals surface area contributed by atoms with Crippen molar-refractivity contribution in [2.24, 2.45) is 40.3 Å². The van der Waals surface area contributed by atoms with Gasteiger partial charge in [-0.15, -0.1) is 0 Å². The van der Waals surface area contributed by atoms with Gasteiger partial charge in [-0.3, -0.25) is 116 Å². The number of aliphatic hydroxyl groups is 7. The molecule has 20 amide bonds. The Morgan fingerprint density at radius 2 is 0.651 bits per heavy atom. The Balaban J connectivity index is 2.40. The van der Waals surface area contributed by atoms with Crippen molar-refractivity contribution in [2.45, 2.75) is 283 Å². The van der Waals surface area contributed by atoms with Gasteiger partial charge in [0, 0.05) is 32.5 Å². The Kier molecular flexibility index (Phi) is 58.8. The largest absolute Gasteiger partial charge is 0.481 e. The number of nitrogens with one attached hydrogen (secondary N) is 19. The number of likely N-dealkylation sites (tertiary alicyclic amines) is 2. The molecule has 2 saturated heterocycles. The lowest BCUT2D eigenvalue weighted by molar-refractivity contribution is -0.144. The number of aliphatic carboxylic acids is 4. The Morgan fingerprint density at radius 1 is 0.336 bits per heavy atom. The summed E-state index contributed by atoms with van der Waals surface area (Å²) in [6.45, 7) is -3.39. The van der Waals surface area contributed by atoms with Gasteiger partial charge in [0.1, 0.15) is 109 Å². The van der Waals surface area contributed by atoms with Gasteiger partial charge in [0.05, 0.1) is 71.2 Å². The molecule has 2 aliphatic heterocycles. The minimum Gasteiger partial charge on any atom is -0.481 e. The summed E-state index contributed by atoms with van der Waals surface area (Å²) in [6.07, 6.45) is -6.93. The molecule has 62 heteroatoms. The van der Waals surface area contributed by atoms with Crippen LogP contribution in [-0.4, -0.2) is 420 Å². The Bertz CT molecular complexity index is 4480. The Labute approximate surface area is 836 Å². The van der Waals surface area contributed by atoms with Crippen molar-refractivity contribution in [2.75, 3.05) is 85.5 Å². The van der Waals surface area contributed by atoms with Crippen molar-refractivity contribution in [3.8, 4) is 0 Å². The molecule has 2 heterocycles. The van der Waals surface area contributed by atoms with Crippen LogP contribution < -0.4 is 130 Å². The molecule has 2 fully saturated rings. The molecule has 42 N–H and O–H groups in total. The van der Waals surface area contributed by atoms with Gasteiger partial charge in [-0.2, -0.15) is 0 Å². The molecular formula is C84H143N27O35. The first-order valence-corrected chi connectivity index (χ1v) is 47.0. The van der Waals surface area contributed by atoms with E-state index in [1.54, 1.807) is 0 Å². The van der Waals surface area contributed by atoms with Gasteiger partial charge < -0.3 is 196 Å². The SMILES string of the molecule is CC(C)[C@H](NC(=O)CNC(=O)[C@@H]1CCCN1C(=O)[C@H](CCC(=O)O)NC(=O)[C@H](CCCCN)NC(=O)[C@H](CC(N)=O)NC(=O)[C@H](CCCCN)NC(=O)[C@H](CO)NC(=O)[C@@H](NC(=O)[C@H](CO)NC(=O)[C@H](CO)NC(=O)[C@H](CC(=O)O)NC(=O)[C@H](C)N)[C@@H](C)O)C(=O)N[C@@H](CCC(=O)O)C(=O)N[C@@H](CCCNC(=N)N)C(=O)N[C@@H](CO)C(=O)N[C@@H](CO)C(=O)N1CCC[C@H]1C(=O)N[C@@H](CO)C(=O)N[C@@H](CCCCN)C(=O)O. The zero-order valence-corrected chi connectivity index (χ0v) is 81.2. The summed E-state index contributed by atoms with van der Waals surface area (Å²) in [7, 11) is 0. The minimum absolute atomic E-state index is 0.0119. The molecule has 2 rings (SSSR count). The van der Waals surface area contributed by atoms with E-state index < -0.39 is 366 Å². The van der Waals surface area contributed by atoms with E-state index in [9.17, 15) is 171 Å². The quantitative estimate of drug-likeness (QED) is 0.0153. The van der Waals surface area contributed by atoms with E-state index in [2.05, 4.69) is 69.1 Å². The van der Waals surface area contributed by atoms with Gasteiger partial charge >= 0.3 is 23.9 Å². The number of primary amides is 1. The van der Waals surface area contributed by atoms with Crippen molar-refractivity contribution >= 4 is 148 Å². The molecule has 2 aliphatic rings. The van der Waals surface area contributed by atoms with Crippen LogP contribution in [0.1, 0.15) is 163 Å². The molecule has 20 atom stereocenters. The highest BCUT2D eigenvalue weighted by molar-refractivity contribution is 6.03. The molecule has 824 valence electrons. The first kappa shape index (κ1) is 128. The van der Waals surface area contributed by atoms with Crippen LogP contribution in [0.2, 0.25) is 0 Å². The number of carbonyl (C=O) groups is 24. The molecule has 146 heavy (non-hydrogen) atoms. The number of guanidine groups is 1. The van der Waals surface area contributed by atoms with E-state index in [0.29, 0.717) is 12.8 Å². The molecule has 0 bridgehead atoms. The number of carboxylic acids is 4. The lowest BCUT2D eigenvalue weighted by atomic mass is 10.0. The smallest absolute Gasteiger partial charge is 0.326 e. The fourth-order valence-electron chi connectivity index (χ4n) is 14.6. The van der Waals surface area contributed by atoms with Gasteiger partial charge in [-0.05, 0) is 149 Å². The number of hydrogen-bond donors (Lipinski definition) is 36. The molecule has 0 aromatic heterocycles. The van der Waals surface area contributed by atoms with E-state index in [4.69, 9.17) is 39.8 Å². The zero-order valence-electron chi connectivity index (χ0n) is 81.2. The van der Waals surface area contributed by atoms with Crippen LogP contribution in [-0.2, 0) is 115 Å². The molecule has 0 saturated carbocycles. The molecule has 0 unspecified atom stereocenters. The van der Waals surface area contributed by atoms with Crippen LogP contribution in [0.5, 0.6) is 0 Å². The van der Waals surface area contributed by atoms with Crippen molar-refractivity contribution in [3.63, 3.8) is 0 Å². The number of nitrogens with two attached hydrogens (primary N) is 6. The number of rotatable bonds is 71. The van der Waals surface area contributed by atoms with Gasteiger partial charge in [-0.25, -0.2) is 4.79 Å². The predicted molar refractivity (Wildman–Crippen MR) is 501 cm³/mol. The molecular weight excluding hydrogens is 1950 g/mol. The summed E-state index contributed by atoms with van der Waals surface area (Å²) in [5.74, 6) is -31.6. The zero-order chi connectivity index (χ0) is 110. The first-order chi connectivity index (χ1) is 68.8. The lowest BCUT2D eigenvalue weighted by Gasteiger charge is -2.30. The maximum absolute atomic E-state index is 14.7. The van der Waals surface area contributed by atoms with E-state index >= 15 is 0 Å². The number of carboxylic acid groups (broad SMARTS) is 4. The Morgan fingerprint density at radius 3 is 1.03 bits per heavy atom. The molecule has 0 aliphatic carbocycles. The summed E-state index contributed by atoms with van der Waals surface area (Å²) >= 11 is 0. The van der Waals surface area contributed by atoms with Crippen molar-refractivity contribution in [3.05, 3.63) is 0 Å². The second-order valence-electron chi connectivity index (χ2n) is 34.7. The first-order valence-electron chi connectivity index (χ1n) is 47.0. The molecule has 0 spiro atoms. The third-order valence-corrected chi connectivity index (χ3v) is 22.6. The van der Waals surface area contributed by atoms with Crippen LogP contribution in [0, 0.1) is 11.3 Å². The minimum atomic E-state index is -2.12. The highest BCUT2D eigenvalue weighted by Gasteiger charge is 2.45. The van der Waals surface area contributed by atoms with Gasteiger partial charge in [0.2, 0.25) is 118 Å². The Hall–Kier alpha value is -13.9. The van der Waals surface area contributed by atoms with Crippen molar-refractivity contribution in [1.29, 1.82) is 5.41 Å². The number of hydrogen-bond acceptors (Lipinski definition) is 36. The van der Waals surface area contributed by atoms with Gasteiger partial charge in [0.15, 0.2) is 5.96 Å². The van der Waals surface area contributed by atoms with Crippen LogP contribution in [0.25, 0.3) is 0 Å². The van der Waals surface area contributed by atoms with Crippen LogP contribution in [0.4, 0.5) is 0 Å². The van der Waals surface area contributed by atoms with Gasteiger partial charge in [-0.1, -0.05) is 13.8 Å². The summed E-state index contributed by atoms with van der Waals surface area (Å²) in [5.41, 5.74) is 33.4. The topological polar surface area (TPSA) is 1040 Å². The monoisotopic (exact) mass is 2090 g/mol. The maximum Gasteiger partial charge on any atom is 0.326 e. The summed E-state index contributed by atoms with van der Waals surface area (Å²) in [4.78, 5) is 325. The van der Waals surface area contributed by atoms with Crippen LogP contribution >= 0.6 is 0 Å². The second kappa shape index (κ2) is 66.9. The fourth-order valence-corrected chi connectivity index (χ4v) is 14.6. The summed E-state index contributed by atoms with van der Waals surface area (Å²) < 4.78 is 0. The molecule has 0 aromatic rings. The summed E-state index contributed by atoms with van der Waals surface area (Å²) in [5, 5.41) is 158. The lowest BCUT2D eigenvalue weighted by Crippen LogP contribution is -2.63. The second-order valence-corrected chi connectivity index (χ2v) is 34.7. The number of aliphatic hydroxyl groups excluding tert-OH is 7. The van der Waals surface area contributed by atoms with E-state index in [1.165, 1.54) is 20.8 Å². The normalized spacial score (nSPS) is 16.9. The highest BCUT2D eigenvalue weighted by atomic mass is 16.4. The fraction of sp³-hybridized carbons (Fsp3) is 0.702.